The van der Waals surface area contributed by atoms with Gasteiger partial charge in [-0.25, -0.2) is 9.37 Å². The summed E-state index contributed by atoms with van der Waals surface area (Å²) in [4.78, 5) is 16.2. The van der Waals surface area contributed by atoms with E-state index < -0.39 is 10.7 Å². The summed E-state index contributed by atoms with van der Waals surface area (Å²) in [6, 6.07) is 7.11. The maximum absolute atomic E-state index is 14.4. The van der Waals surface area contributed by atoms with Crippen LogP contribution in [0.5, 0.6) is 0 Å². The molecular weight excluding hydrogens is 339 g/mol. The van der Waals surface area contributed by atoms with E-state index in [1.807, 2.05) is 4.90 Å². The number of nitrogens with one attached hydrogen (secondary N) is 1. The third-order valence-electron chi connectivity index (χ3n) is 3.60. The van der Waals surface area contributed by atoms with Crippen LogP contribution in [0.2, 0.25) is 5.15 Å². The molecular formula is C15H14ClFN4O3. The van der Waals surface area contributed by atoms with Crippen molar-refractivity contribution in [2.24, 2.45) is 0 Å². The molecule has 0 saturated carbocycles. The van der Waals surface area contributed by atoms with E-state index in [9.17, 15) is 14.5 Å². The molecule has 2 heterocycles. The Kier molecular flexibility index (Phi) is 4.77. The second-order valence-corrected chi connectivity index (χ2v) is 5.54. The van der Waals surface area contributed by atoms with Gasteiger partial charge in [-0.05, 0) is 24.3 Å². The predicted octanol–water partition coefficient (Wildman–Crippen LogP) is 3.36. The zero-order chi connectivity index (χ0) is 17.1. The largest absolute Gasteiger partial charge is 0.378 e. The molecule has 0 radical (unpaired) electrons. The average molecular weight is 353 g/mol. The predicted molar refractivity (Wildman–Crippen MR) is 88.6 cm³/mol. The number of benzene rings is 1. The van der Waals surface area contributed by atoms with E-state index in [2.05, 4.69) is 10.3 Å². The second-order valence-electron chi connectivity index (χ2n) is 5.15. The molecule has 7 nitrogen and oxygen atoms in total. The fourth-order valence-electron chi connectivity index (χ4n) is 2.45. The van der Waals surface area contributed by atoms with Gasteiger partial charge in [-0.1, -0.05) is 11.6 Å². The average Bonchev–Trinajstić information content (AvgIpc) is 2.55. The number of pyridine rings is 1. The Morgan fingerprint density at radius 1 is 1.29 bits per heavy atom. The molecule has 0 aliphatic carbocycles. The van der Waals surface area contributed by atoms with Crippen LogP contribution in [0.15, 0.2) is 30.3 Å². The van der Waals surface area contributed by atoms with Gasteiger partial charge in [-0.2, -0.15) is 0 Å². The Hall–Kier alpha value is -2.45. The van der Waals surface area contributed by atoms with Crippen LogP contribution >= 0.6 is 11.6 Å². The lowest BCUT2D eigenvalue weighted by molar-refractivity contribution is -0.384. The topological polar surface area (TPSA) is 80.5 Å². The lowest BCUT2D eigenvalue weighted by Gasteiger charge is -2.29. The van der Waals surface area contributed by atoms with Crippen LogP contribution in [0.1, 0.15) is 0 Å². The minimum absolute atomic E-state index is 0.0361. The molecule has 1 aliphatic rings. The Labute approximate surface area is 142 Å². The Balaban J connectivity index is 1.85. The molecule has 1 saturated heterocycles. The van der Waals surface area contributed by atoms with Gasteiger partial charge in [0.25, 0.3) is 0 Å². The van der Waals surface area contributed by atoms with Crippen LogP contribution in [0, 0.1) is 15.9 Å². The molecule has 1 aliphatic heterocycles. The molecule has 1 aromatic carbocycles. The van der Waals surface area contributed by atoms with E-state index in [-0.39, 0.29) is 16.7 Å². The second kappa shape index (κ2) is 6.98. The lowest BCUT2D eigenvalue weighted by atomic mass is 10.2. The molecule has 0 bridgehead atoms. The molecule has 0 unspecified atom stereocenters. The monoisotopic (exact) mass is 352 g/mol. The molecule has 2 aromatic rings. The van der Waals surface area contributed by atoms with E-state index in [0.29, 0.717) is 37.7 Å². The summed E-state index contributed by atoms with van der Waals surface area (Å²) in [6.45, 7) is 2.34. The van der Waals surface area contributed by atoms with E-state index in [4.69, 9.17) is 16.3 Å². The van der Waals surface area contributed by atoms with Gasteiger partial charge >= 0.3 is 5.69 Å². The maximum atomic E-state index is 14.4. The highest BCUT2D eigenvalue weighted by atomic mass is 35.5. The van der Waals surface area contributed by atoms with Crippen LogP contribution in [-0.2, 0) is 4.74 Å². The molecule has 1 aromatic heterocycles. The SMILES string of the molecule is O=[N+]([O-])c1ccc(Cl)nc1Nc1ccc(N2CCOCC2)c(F)c1. The zero-order valence-electron chi connectivity index (χ0n) is 12.5. The first-order valence-electron chi connectivity index (χ1n) is 7.25. The van der Waals surface area contributed by atoms with Gasteiger partial charge < -0.3 is 15.0 Å². The number of aromatic nitrogens is 1. The number of nitro groups is 1. The fourth-order valence-corrected chi connectivity index (χ4v) is 2.60. The standard InChI is InChI=1S/C15H14ClFN4O3/c16-14-4-3-13(21(22)23)15(19-14)18-10-1-2-12(11(17)9-10)20-5-7-24-8-6-20/h1-4,9H,5-8H2,(H,18,19). The lowest BCUT2D eigenvalue weighted by Crippen LogP contribution is -2.36. The highest BCUT2D eigenvalue weighted by Gasteiger charge is 2.18. The fraction of sp³-hybridized carbons (Fsp3) is 0.267. The Morgan fingerprint density at radius 2 is 2.04 bits per heavy atom. The first-order chi connectivity index (χ1) is 11.5. The van der Waals surface area contributed by atoms with Gasteiger partial charge in [0.05, 0.1) is 23.8 Å². The van der Waals surface area contributed by atoms with Crippen molar-refractivity contribution >= 4 is 34.5 Å². The number of hydrogen-bond acceptors (Lipinski definition) is 6. The number of hydrogen-bond donors (Lipinski definition) is 1. The highest BCUT2D eigenvalue weighted by molar-refractivity contribution is 6.29. The molecule has 9 heteroatoms. The van der Waals surface area contributed by atoms with E-state index >= 15 is 0 Å². The molecule has 126 valence electrons. The molecule has 0 atom stereocenters. The number of ether oxygens (including phenoxy) is 1. The normalized spacial score (nSPS) is 14.5. The first kappa shape index (κ1) is 16.4. The number of nitrogens with zero attached hydrogens (tertiary/aromatic N) is 3. The van der Waals surface area contributed by atoms with Crippen molar-refractivity contribution < 1.29 is 14.1 Å². The van der Waals surface area contributed by atoms with Gasteiger partial charge in [-0.15, -0.1) is 0 Å². The van der Waals surface area contributed by atoms with E-state index in [0.717, 1.165) is 0 Å². The number of morpholine rings is 1. The molecule has 3 rings (SSSR count). The van der Waals surface area contributed by atoms with Crippen molar-refractivity contribution in [3.8, 4) is 0 Å². The van der Waals surface area contributed by atoms with Crippen molar-refractivity contribution in [2.75, 3.05) is 36.5 Å². The van der Waals surface area contributed by atoms with Crippen molar-refractivity contribution in [3.63, 3.8) is 0 Å². The van der Waals surface area contributed by atoms with Gasteiger partial charge in [-0.3, -0.25) is 10.1 Å². The molecule has 24 heavy (non-hydrogen) atoms. The Morgan fingerprint density at radius 3 is 2.71 bits per heavy atom. The number of halogens is 2. The van der Waals surface area contributed by atoms with E-state index in [1.165, 1.54) is 18.2 Å². The maximum Gasteiger partial charge on any atom is 0.311 e. The van der Waals surface area contributed by atoms with Gasteiger partial charge in [0.2, 0.25) is 5.82 Å². The summed E-state index contributed by atoms with van der Waals surface area (Å²) in [6.07, 6.45) is 0. The summed E-state index contributed by atoms with van der Waals surface area (Å²) in [7, 11) is 0. The summed E-state index contributed by atoms with van der Waals surface area (Å²) < 4.78 is 19.6. The van der Waals surface area contributed by atoms with E-state index in [1.54, 1.807) is 12.1 Å². The van der Waals surface area contributed by atoms with Crippen molar-refractivity contribution in [3.05, 3.63) is 51.4 Å². The van der Waals surface area contributed by atoms with Crippen molar-refractivity contribution in [2.45, 2.75) is 0 Å². The highest BCUT2D eigenvalue weighted by Crippen LogP contribution is 2.29. The van der Waals surface area contributed by atoms with Gasteiger partial charge in [0, 0.05) is 24.8 Å². The summed E-state index contributed by atoms with van der Waals surface area (Å²) in [5.74, 6) is -0.461. The molecule has 1 fully saturated rings. The minimum atomic E-state index is -0.579. The Bertz CT molecular complexity index is 768. The molecule has 0 spiro atoms. The molecule has 1 N–H and O–H groups in total. The third-order valence-corrected chi connectivity index (χ3v) is 3.81. The van der Waals surface area contributed by atoms with Crippen LogP contribution < -0.4 is 10.2 Å². The number of anilines is 3. The minimum Gasteiger partial charge on any atom is -0.378 e. The quantitative estimate of drug-likeness (QED) is 0.516. The van der Waals surface area contributed by atoms with Crippen molar-refractivity contribution in [1.29, 1.82) is 0 Å². The summed E-state index contributed by atoms with van der Waals surface area (Å²) >= 11 is 5.78. The zero-order valence-corrected chi connectivity index (χ0v) is 13.3. The van der Waals surface area contributed by atoms with Crippen LogP contribution in [0.25, 0.3) is 0 Å². The number of rotatable bonds is 4. The summed E-state index contributed by atoms with van der Waals surface area (Å²) in [5.41, 5.74) is 0.580. The summed E-state index contributed by atoms with van der Waals surface area (Å²) in [5, 5.41) is 13.9. The van der Waals surface area contributed by atoms with Crippen LogP contribution in [0.4, 0.5) is 27.3 Å². The van der Waals surface area contributed by atoms with Crippen molar-refractivity contribution in [1.82, 2.24) is 4.98 Å². The van der Waals surface area contributed by atoms with Crippen LogP contribution in [0.3, 0.4) is 0 Å². The van der Waals surface area contributed by atoms with Gasteiger partial charge in [0.1, 0.15) is 11.0 Å². The third kappa shape index (κ3) is 3.55. The molecule has 0 amide bonds. The van der Waals surface area contributed by atoms with Gasteiger partial charge in [0.15, 0.2) is 0 Å². The first-order valence-corrected chi connectivity index (χ1v) is 7.62. The van der Waals surface area contributed by atoms with Crippen LogP contribution in [-0.4, -0.2) is 36.2 Å². The smallest absolute Gasteiger partial charge is 0.311 e.